The summed E-state index contributed by atoms with van der Waals surface area (Å²) in [5.41, 5.74) is 0. The molecule has 0 bridgehead atoms. The monoisotopic (exact) mass is 199 g/mol. The molecule has 0 spiro atoms. The Hall–Kier alpha value is -1.52. The Labute approximate surface area is 81.7 Å². The van der Waals surface area contributed by atoms with Crippen LogP contribution in [0.5, 0.6) is 0 Å². The van der Waals surface area contributed by atoms with Crippen LogP contribution in [-0.2, 0) is 9.53 Å². The summed E-state index contributed by atoms with van der Waals surface area (Å²) in [5, 5.41) is 11.2. The number of hydrogen-bond acceptors (Lipinski definition) is 3. The number of carboxylic acids is 1. The molecule has 0 radical (unpaired) electrons. The topological polar surface area (TPSA) is 75.6 Å². The molecule has 2 N–H and O–H groups in total. The third-order valence-corrected chi connectivity index (χ3v) is 2.23. The number of amides is 1. The molecular formula is C9H13NO4. The lowest BCUT2D eigenvalue weighted by Crippen LogP contribution is -2.50. The number of alkyl carbamates (subject to hydrolysis) is 1. The van der Waals surface area contributed by atoms with Gasteiger partial charge in [-0.05, 0) is 12.8 Å². The average molecular weight is 199 g/mol. The van der Waals surface area contributed by atoms with Crippen molar-refractivity contribution in [1.82, 2.24) is 5.32 Å². The van der Waals surface area contributed by atoms with Gasteiger partial charge in [0.1, 0.15) is 6.61 Å². The predicted octanol–water partition coefficient (Wildman–Crippen LogP) is 0.762. The first-order chi connectivity index (χ1) is 6.65. The fraction of sp³-hybridized carbons (Fsp3) is 0.556. The number of aliphatic carboxylic acids is 1. The average Bonchev–Trinajstić information content (AvgIpc) is 2.08. The maximum atomic E-state index is 11.0. The molecule has 0 aromatic heterocycles. The van der Waals surface area contributed by atoms with Gasteiger partial charge in [0.2, 0.25) is 0 Å². The Morgan fingerprint density at radius 1 is 1.57 bits per heavy atom. The molecule has 1 saturated carbocycles. The zero-order valence-corrected chi connectivity index (χ0v) is 7.73. The molecule has 5 heteroatoms. The molecule has 5 nitrogen and oxygen atoms in total. The second-order valence-electron chi connectivity index (χ2n) is 3.16. The van der Waals surface area contributed by atoms with Crippen molar-refractivity contribution in [3.63, 3.8) is 0 Å². The normalized spacial score (nSPS) is 24.6. The van der Waals surface area contributed by atoms with Crippen LogP contribution < -0.4 is 5.32 Å². The zero-order valence-electron chi connectivity index (χ0n) is 7.73. The largest absolute Gasteiger partial charge is 0.481 e. The summed E-state index contributed by atoms with van der Waals surface area (Å²) in [6.45, 7) is 3.53. The van der Waals surface area contributed by atoms with E-state index in [2.05, 4.69) is 16.6 Å². The fourth-order valence-corrected chi connectivity index (χ4v) is 1.30. The summed E-state index contributed by atoms with van der Waals surface area (Å²) in [5.74, 6) is -1.34. The van der Waals surface area contributed by atoms with Gasteiger partial charge in [-0.1, -0.05) is 12.7 Å². The smallest absolute Gasteiger partial charge is 0.407 e. The molecule has 1 aliphatic rings. The molecule has 0 aromatic rings. The van der Waals surface area contributed by atoms with E-state index >= 15 is 0 Å². The van der Waals surface area contributed by atoms with E-state index in [-0.39, 0.29) is 12.6 Å². The van der Waals surface area contributed by atoms with Crippen molar-refractivity contribution in [2.24, 2.45) is 5.92 Å². The molecule has 14 heavy (non-hydrogen) atoms. The van der Waals surface area contributed by atoms with Crippen LogP contribution in [0.3, 0.4) is 0 Å². The summed E-state index contributed by atoms with van der Waals surface area (Å²) in [6.07, 6.45) is 2.18. The Morgan fingerprint density at radius 2 is 2.29 bits per heavy atom. The van der Waals surface area contributed by atoms with E-state index in [0.29, 0.717) is 12.8 Å². The maximum absolute atomic E-state index is 11.0. The van der Waals surface area contributed by atoms with Crippen molar-refractivity contribution < 1.29 is 19.4 Å². The van der Waals surface area contributed by atoms with E-state index in [4.69, 9.17) is 5.11 Å². The lowest BCUT2D eigenvalue weighted by molar-refractivity contribution is -0.145. The van der Waals surface area contributed by atoms with Gasteiger partial charge < -0.3 is 15.2 Å². The molecule has 1 amide bonds. The molecule has 0 aliphatic heterocycles. The molecule has 0 heterocycles. The van der Waals surface area contributed by atoms with Gasteiger partial charge in [0.15, 0.2) is 0 Å². The van der Waals surface area contributed by atoms with E-state index in [9.17, 15) is 9.59 Å². The number of carboxylic acid groups (broad SMARTS) is 1. The maximum Gasteiger partial charge on any atom is 0.407 e. The van der Waals surface area contributed by atoms with Crippen LogP contribution in [0.4, 0.5) is 4.79 Å². The molecule has 2 atom stereocenters. The second-order valence-corrected chi connectivity index (χ2v) is 3.16. The molecule has 0 saturated heterocycles. The van der Waals surface area contributed by atoms with Crippen molar-refractivity contribution >= 4 is 12.1 Å². The summed E-state index contributed by atoms with van der Waals surface area (Å²) in [7, 11) is 0. The quantitative estimate of drug-likeness (QED) is 0.655. The third-order valence-electron chi connectivity index (χ3n) is 2.23. The number of hydrogen-bond donors (Lipinski definition) is 2. The van der Waals surface area contributed by atoms with E-state index in [0.717, 1.165) is 0 Å². The molecule has 0 aromatic carbocycles. The van der Waals surface area contributed by atoms with Crippen LogP contribution >= 0.6 is 0 Å². The number of carbonyl (C=O) groups excluding carboxylic acids is 1. The molecular weight excluding hydrogens is 186 g/mol. The second kappa shape index (κ2) is 4.64. The van der Waals surface area contributed by atoms with Gasteiger partial charge in [-0.15, -0.1) is 0 Å². The zero-order chi connectivity index (χ0) is 10.6. The number of rotatable bonds is 4. The highest BCUT2D eigenvalue weighted by Crippen LogP contribution is 2.27. The van der Waals surface area contributed by atoms with Gasteiger partial charge in [0.05, 0.1) is 5.92 Å². The highest BCUT2D eigenvalue weighted by molar-refractivity contribution is 5.74. The Kier molecular flexibility index (Phi) is 3.50. The number of carbonyl (C=O) groups is 2. The first-order valence-electron chi connectivity index (χ1n) is 4.42. The van der Waals surface area contributed by atoms with Crippen LogP contribution in [0.1, 0.15) is 12.8 Å². The van der Waals surface area contributed by atoms with Gasteiger partial charge in [-0.25, -0.2) is 4.79 Å². The van der Waals surface area contributed by atoms with Crippen molar-refractivity contribution in [3.05, 3.63) is 12.7 Å². The van der Waals surface area contributed by atoms with Crippen LogP contribution in [0.2, 0.25) is 0 Å². The van der Waals surface area contributed by atoms with Gasteiger partial charge in [0.25, 0.3) is 0 Å². The van der Waals surface area contributed by atoms with Crippen LogP contribution in [0.15, 0.2) is 12.7 Å². The van der Waals surface area contributed by atoms with Gasteiger partial charge in [-0.2, -0.15) is 0 Å². The first kappa shape index (κ1) is 10.6. The van der Waals surface area contributed by atoms with Crippen LogP contribution in [0.25, 0.3) is 0 Å². The summed E-state index contributed by atoms with van der Waals surface area (Å²) in [4.78, 5) is 21.6. The minimum Gasteiger partial charge on any atom is -0.481 e. The third kappa shape index (κ3) is 2.48. The lowest BCUT2D eigenvalue weighted by Gasteiger charge is -2.33. The molecule has 1 aliphatic carbocycles. The predicted molar refractivity (Wildman–Crippen MR) is 48.8 cm³/mol. The standard InChI is InChI=1S/C9H13NO4/c1-2-5-14-9(13)10-7-4-3-6(7)8(11)12/h2,6-7H,1,3-5H2,(H,10,13)(H,11,12)/t6-,7+/m1/s1. The highest BCUT2D eigenvalue weighted by Gasteiger charge is 2.37. The van der Waals surface area contributed by atoms with Crippen LogP contribution in [-0.4, -0.2) is 29.8 Å². The van der Waals surface area contributed by atoms with E-state index in [1.54, 1.807) is 0 Å². The van der Waals surface area contributed by atoms with E-state index in [1.165, 1.54) is 6.08 Å². The fourth-order valence-electron chi connectivity index (χ4n) is 1.30. The summed E-state index contributed by atoms with van der Waals surface area (Å²) < 4.78 is 4.66. The van der Waals surface area contributed by atoms with E-state index < -0.39 is 18.0 Å². The van der Waals surface area contributed by atoms with E-state index in [1.807, 2.05) is 0 Å². The minimum absolute atomic E-state index is 0.135. The molecule has 0 unspecified atom stereocenters. The molecule has 1 fully saturated rings. The Morgan fingerprint density at radius 3 is 2.71 bits per heavy atom. The number of nitrogens with one attached hydrogen (secondary N) is 1. The van der Waals surface area contributed by atoms with Crippen molar-refractivity contribution in [1.29, 1.82) is 0 Å². The Bertz CT molecular complexity index is 251. The van der Waals surface area contributed by atoms with Crippen molar-refractivity contribution in [3.8, 4) is 0 Å². The Balaban J connectivity index is 2.27. The van der Waals surface area contributed by atoms with Gasteiger partial charge in [-0.3, -0.25) is 4.79 Å². The van der Waals surface area contributed by atoms with Gasteiger partial charge in [0, 0.05) is 6.04 Å². The van der Waals surface area contributed by atoms with Crippen LogP contribution in [0, 0.1) is 5.92 Å². The first-order valence-corrected chi connectivity index (χ1v) is 4.42. The van der Waals surface area contributed by atoms with Crippen molar-refractivity contribution in [2.75, 3.05) is 6.61 Å². The molecule has 78 valence electrons. The highest BCUT2D eigenvalue weighted by atomic mass is 16.5. The van der Waals surface area contributed by atoms with Crippen molar-refractivity contribution in [2.45, 2.75) is 18.9 Å². The minimum atomic E-state index is -0.870. The lowest BCUT2D eigenvalue weighted by atomic mass is 9.80. The number of ether oxygens (including phenoxy) is 1. The van der Waals surface area contributed by atoms with Gasteiger partial charge >= 0.3 is 12.1 Å². The SMILES string of the molecule is C=CCOC(=O)N[C@H]1CC[C@H]1C(=O)O. The molecule has 1 rings (SSSR count). The summed E-state index contributed by atoms with van der Waals surface area (Å²) >= 11 is 0. The summed E-state index contributed by atoms with van der Waals surface area (Å²) in [6, 6.07) is -0.287.